The number of halogens is 2. The van der Waals surface area contributed by atoms with E-state index in [1.807, 2.05) is 6.07 Å². The number of hydrogen-bond donors (Lipinski definition) is 1. The van der Waals surface area contributed by atoms with Gasteiger partial charge in [0.15, 0.2) is 0 Å². The van der Waals surface area contributed by atoms with Gasteiger partial charge in [0.05, 0.1) is 21.1 Å². The van der Waals surface area contributed by atoms with E-state index < -0.39 is 0 Å². The summed E-state index contributed by atoms with van der Waals surface area (Å²) in [5.74, 6) is 1.09. The first kappa shape index (κ1) is 14.5. The fraction of sp³-hybridized carbons (Fsp3) is 0.500. The molecular formula is C14H19Cl2N3. The summed E-state index contributed by atoms with van der Waals surface area (Å²) in [7, 11) is 0. The van der Waals surface area contributed by atoms with Gasteiger partial charge in [0.1, 0.15) is 0 Å². The number of imidazole rings is 1. The van der Waals surface area contributed by atoms with Crippen molar-refractivity contribution >= 4 is 40.2 Å². The first-order valence-corrected chi connectivity index (χ1v) is 7.37. The zero-order valence-corrected chi connectivity index (χ0v) is 13.0. The second kappa shape index (κ2) is 5.59. The van der Waals surface area contributed by atoms with Crippen molar-refractivity contribution in [1.29, 1.82) is 0 Å². The molecule has 0 aliphatic rings. The predicted molar refractivity (Wildman–Crippen MR) is 82.9 cm³/mol. The molecule has 0 amide bonds. The van der Waals surface area contributed by atoms with Crippen LogP contribution in [0.1, 0.15) is 39.7 Å². The van der Waals surface area contributed by atoms with Crippen LogP contribution in [0.25, 0.3) is 11.0 Å². The van der Waals surface area contributed by atoms with Crippen LogP contribution in [0.5, 0.6) is 0 Å². The highest BCUT2D eigenvalue weighted by atomic mass is 35.5. The number of fused-ring (bicyclic) bond motifs is 1. The molecule has 0 saturated carbocycles. The smallest absolute Gasteiger partial charge is 0.201 e. The third-order valence-corrected chi connectivity index (χ3v) is 4.62. The largest absolute Gasteiger partial charge is 0.369 e. The van der Waals surface area contributed by atoms with E-state index in [1.165, 1.54) is 0 Å². The van der Waals surface area contributed by atoms with Crippen LogP contribution < -0.4 is 5.73 Å². The van der Waals surface area contributed by atoms with E-state index in [4.69, 9.17) is 28.9 Å². The average molecular weight is 300 g/mol. The minimum absolute atomic E-state index is 0.289. The molecule has 0 bridgehead atoms. The molecule has 0 spiro atoms. The van der Waals surface area contributed by atoms with Gasteiger partial charge in [0.2, 0.25) is 5.95 Å². The number of nitrogens with two attached hydrogens (primary N) is 1. The van der Waals surface area contributed by atoms with E-state index in [0.29, 0.717) is 21.9 Å². The molecule has 19 heavy (non-hydrogen) atoms. The maximum Gasteiger partial charge on any atom is 0.201 e. The van der Waals surface area contributed by atoms with Crippen LogP contribution in [0.3, 0.4) is 0 Å². The van der Waals surface area contributed by atoms with E-state index in [-0.39, 0.29) is 6.04 Å². The molecule has 1 aromatic heterocycles. The Morgan fingerprint density at radius 3 is 2.37 bits per heavy atom. The van der Waals surface area contributed by atoms with Crippen molar-refractivity contribution in [2.24, 2.45) is 5.92 Å². The summed E-state index contributed by atoms with van der Waals surface area (Å²) >= 11 is 12.1. The standard InChI is InChI=1S/C14H19Cl2N3/c1-4-9(5-2)8(3)19-13-7-11(16)10(15)6-12(13)18-14(19)17/h6-9H,4-5H2,1-3H3,(H2,17,18). The number of aromatic nitrogens is 2. The molecule has 2 N–H and O–H groups in total. The summed E-state index contributed by atoms with van der Waals surface area (Å²) < 4.78 is 2.06. The molecule has 0 aliphatic carbocycles. The van der Waals surface area contributed by atoms with Gasteiger partial charge in [0.25, 0.3) is 0 Å². The van der Waals surface area contributed by atoms with Crippen molar-refractivity contribution in [1.82, 2.24) is 9.55 Å². The molecule has 0 radical (unpaired) electrons. The lowest BCUT2D eigenvalue weighted by Gasteiger charge is -2.24. The summed E-state index contributed by atoms with van der Waals surface area (Å²) in [5.41, 5.74) is 7.81. The van der Waals surface area contributed by atoms with Crippen molar-refractivity contribution in [3.63, 3.8) is 0 Å². The Bertz CT molecular complexity index is 588. The van der Waals surface area contributed by atoms with Gasteiger partial charge in [-0.25, -0.2) is 4.98 Å². The quantitative estimate of drug-likeness (QED) is 0.870. The van der Waals surface area contributed by atoms with Crippen molar-refractivity contribution < 1.29 is 0 Å². The topological polar surface area (TPSA) is 43.8 Å². The molecule has 0 saturated heterocycles. The molecule has 1 atom stereocenters. The first-order chi connectivity index (χ1) is 8.99. The van der Waals surface area contributed by atoms with E-state index in [1.54, 1.807) is 6.07 Å². The first-order valence-electron chi connectivity index (χ1n) is 6.62. The predicted octanol–water partition coefficient (Wildman–Crippen LogP) is 4.92. The van der Waals surface area contributed by atoms with Crippen LogP contribution in [0.4, 0.5) is 5.95 Å². The molecule has 0 aliphatic heterocycles. The Labute approximate surface area is 123 Å². The minimum Gasteiger partial charge on any atom is -0.369 e. The average Bonchev–Trinajstić information content (AvgIpc) is 2.66. The van der Waals surface area contributed by atoms with Crippen LogP contribution in [-0.4, -0.2) is 9.55 Å². The molecule has 0 fully saturated rings. The van der Waals surface area contributed by atoms with Gasteiger partial charge in [-0.15, -0.1) is 0 Å². The molecule has 1 unspecified atom stereocenters. The Balaban J connectivity index is 2.59. The lowest BCUT2D eigenvalue weighted by atomic mass is 9.95. The lowest BCUT2D eigenvalue weighted by Crippen LogP contribution is -2.17. The Morgan fingerprint density at radius 1 is 1.21 bits per heavy atom. The van der Waals surface area contributed by atoms with Gasteiger partial charge >= 0.3 is 0 Å². The Hall–Kier alpha value is -0.930. The molecule has 104 valence electrons. The molecule has 1 heterocycles. The molecular weight excluding hydrogens is 281 g/mol. The zero-order chi connectivity index (χ0) is 14.2. The zero-order valence-electron chi connectivity index (χ0n) is 11.5. The van der Waals surface area contributed by atoms with Gasteiger partial charge in [-0.1, -0.05) is 49.9 Å². The highest BCUT2D eigenvalue weighted by molar-refractivity contribution is 6.42. The van der Waals surface area contributed by atoms with Gasteiger partial charge < -0.3 is 10.3 Å². The third-order valence-electron chi connectivity index (χ3n) is 3.90. The van der Waals surface area contributed by atoms with Crippen molar-refractivity contribution in [3.8, 4) is 0 Å². The SMILES string of the molecule is CCC(CC)C(C)n1c(N)nc2cc(Cl)c(Cl)cc21. The number of nitrogens with zero attached hydrogens (tertiary/aromatic N) is 2. The molecule has 3 nitrogen and oxygen atoms in total. The maximum atomic E-state index is 6.11. The van der Waals surface area contributed by atoms with Crippen LogP contribution in [0.15, 0.2) is 12.1 Å². The number of hydrogen-bond acceptors (Lipinski definition) is 2. The van der Waals surface area contributed by atoms with Gasteiger partial charge in [-0.05, 0) is 25.0 Å². The molecule has 2 rings (SSSR count). The van der Waals surface area contributed by atoms with Crippen molar-refractivity contribution in [2.45, 2.75) is 39.7 Å². The summed E-state index contributed by atoms with van der Waals surface area (Å²) in [4.78, 5) is 4.38. The Kier molecular flexibility index (Phi) is 4.26. The molecule has 1 aromatic carbocycles. The van der Waals surface area contributed by atoms with Gasteiger partial charge in [-0.3, -0.25) is 0 Å². The van der Waals surface area contributed by atoms with Crippen LogP contribution in [0, 0.1) is 5.92 Å². The summed E-state index contributed by atoms with van der Waals surface area (Å²) in [6.07, 6.45) is 2.22. The molecule has 5 heteroatoms. The summed E-state index contributed by atoms with van der Waals surface area (Å²) in [6, 6.07) is 3.91. The van der Waals surface area contributed by atoms with Crippen LogP contribution in [0.2, 0.25) is 10.0 Å². The van der Waals surface area contributed by atoms with Crippen molar-refractivity contribution in [3.05, 3.63) is 22.2 Å². The second-order valence-corrected chi connectivity index (χ2v) is 5.73. The number of nitrogen functional groups attached to an aromatic ring is 1. The highest BCUT2D eigenvalue weighted by Gasteiger charge is 2.21. The van der Waals surface area contributed by atoms with E-state index in [2.05, 4.69) is 30.3 Å². The lowest BCUT2D eigenvalue weighted by molar-refractivity contribution is 0.342. The summed E-state index contributed by atoms with van der Waals surface area (Å²) in [6.45, 7) is 6.57. The normalized spacial score (nSPS) is 13.4. The van der Waals surface area contributed by atoms with E-state index >= 15 is 0 Å². The van der Waals surface area contributed by atoms with Gasteiger partial charge in [0, 0.05) is 6.04 Å². The highest BCUT2D eigenvalue weighted by Crippen LogP contribution is 2.34. The van der Waals surface area contributed by atoms with Gasteiger partial charge in [-0.2, -0.15) is 0 Å². The monoisotopic (exact) mass is 299 g/mol. The number of anilines is 1. The number of rotatable bonds is 4. The van der Waals surface area contributed by atoms with Crippen molar-refractivity contribution in [2.75, 3.05) is 5.73 Å². The summed E-state index contributed by atoms with van der Waals surface area (Å²) in [5, 5.41) is 1.04. The maximum absolute atomic E-state index is 6.11. The van der Waals surface area contributed by atoms with E-state index in [0.717, 1.165) is 23.9 Å². The number of benzene rings is 1. The van der Waals surface area contributed by atoms with Crippen LogP contribution in [-0.2, 0) is 0 Å². The van der Waals surface area contributed by atoms with E-state index in [9.17, 15) is 0 Å². The Morgan fingerprint density at radius 2 is 1.79 bits per heavy atom. The minimum atomic E-state index is 0.289. The fourth-order valence-corrected chi connectivity index (χ4v) is 3.03. The fourth-order valence-electron chi connectivity index (χ4n) is 2.72. The molecule has 2 aromatic rings. The second-order valence-electron chi connectivity index (χ2n) is 4.91. The third kappa shape index (κ3) is 2.54. The van der Waals surface area contributed by atoms with Crippen LogP contribution >= 0.6 is 23.2 Å².